The van der Waals surface area contributed by atoms with Crippen molar-refractivity contribution < 1.29 is 9.42 Å². The molecule has 0 aliphatic carbocycles. The molecule has 1 atom stereocenters. The second-order valence-electron chi connectivity index (χ2n) is 2.71. The van der Waals surface area contributed by atoms with Gasteiger partial charge < -0.3 is 14.8 Å². The topological polar surface area (TPSA) is 77.2 Å². The maximum absolute atomic E-state index is 9.16. The molecule has 4 nitrogen and oxygen atoms in total. The first-order chi connectivity index (χ1) is 6.39. The third-order valence-corrected chi connectivity index (χ3v) is 1.78. The van der Waals surface area contributed by atoms with Crippen LogP contribution < -0.4 is 0 Å². The molecule has 0 heterocycles. The van der Waals surface area contributed by atoms with Gasteiger partial charge >= 0.3 is 0 Å². The molecule has 0 aromatic carbocycles. The summed E-state index contributed by atoms with van der Waals surface area (Å²) in [4.78, 5) is 9.16. The van der Waals surface area contributed by atoms with Crippen molar-refractivity contribution in [3.8, 4) is 0 Å². The van der Waals surface area contributed by atoms with Gasteiger partial charge in [0.15, 0.2) is 0 Å². The molecule has 0 saturated heterocycles. The maximum Gasteiger partial charge on any atom is 0.254 e. The molecule has 3 N–H and O–H groups in total. The van der Waals surface area contributed by atoms with Gasteiger partial charge in [-0.1, -0.05) is 12.7 Å². The van der Waals surface area contributed by atoms with Crippen molar-refractivity contribution in [2.45, 2.75) is 6.92 Å². The Balaban J connectivity index is 4.48. The highest BCUT2D eigenvalue weighted by Gasteiger charge is 2.05. The molecule has 0 amide bonds. The molecule has 1 unspecified atom stereocenters. The van der Waals surface area contributed by atoms with Crippen molar-refractivity contribution in [3.63, 3.8) is 0 Å². The monoisotopic (exact) mass is 214 g/mol. The fourth-order valence-electron chi connectivity index (χ4n) is 0.622. The molecule has 0 aromatic heterocycles. The lowest BCUT2D eigenvalue weighted by Gasteiger charge is -2.11. The Hall–Kier alpha value is -1.12. The van der Waals surface area contributed by atoms with Gasteiger partial charge in [-0.2, -0.15) is 0 Å². The quantitative estimate of drug-likeness (QED) is 0.285. The molecule has 0 aromatic rings. The molecule has 0 fully saturated rings. The zero-order valence-electron chi connectivity index (χ0n) is 8.32. The van der Waals surface area contributed by atoms with Crippen LogP contribution in [0.2, 0.25) is 0 Å². The van der Waals surface area contributed by atoms with E-state index in [0.29, 0.717) is 11.3 Å². The predicted octanol–water partition coefficient (Wildman–Crippen LogP) is 2.90. The van der Waals surface area contributed by atoms with Crippen LogP contribution in [0, 0.1) is 10.6 Å². The minimum absolute atomic E-state index is 0.404. The molecule has 14 heavy (non-hydrogen) atoms. The van der Waals surface area contributed by atoms with Gasteiger partial charge in [0.25, 0.3) is 7.51 Å². The van der Waals surface area contributed by atoms with Crippen molar-refractivity contribution in [2.24, 2.45) is 0 Å². The van der Waals surface area contributed by atoms with E-state index in [0.717, 1.165) is 6.21 Å². The second kappa shape index (κ2) is 5.58. The molecule has 0 aliphatic heterocycles. The Morgan fingerprint density at radius 2 is 2.07 bits per heavy atom. The van der Waals surface area contributed by atoms with E-state index in [4.69, 9.17) is 20.0 Å². The van der Waals surface area contributed by atoms with Crippen molar-refractivity contribution in [2.75, 3.05) is 6.66 Å². The first kappa shape index (κ1) is 12.9. The molecular formula is C9H15N2O2P. The van der Waals surface area contributed by atoms with Gasteiger partial charge in [0.1, 0.15) is 5.76 Å². The van der Waals surface area contributed by atoms with Gasteiger partial charge in [-0.3, -0.25) is 5.16 Å². The summed E-state index contributed by atoms with van der Waals surface area (Å²) in [7, 11) is -3.01. The maximum atomic E-state index is 9.16. The van der Waals surface area contributed by atoms with Crippen LogP contribution in [0.25, 0.3) is 0 Å². The third kappa shape index (κ3) is 6.40. The molecule has 0 radical (unpaired) electrons. The summed E-state index contributed by atoms with van der Waals surface area (Å²) in [5, 5.41) is 14.1. The van der Waals surface area contributed by atoms with Gasteiger partial charge in [0.05, 0.1) is 0 Å². The summed E-state index contributed by atoms with van der Waals surface area (Å²) in [5.41, 5.74) is 0.524. The van der Waals surface area contributed by atoms with E-state index in [2.05, 4.69) is 6.58 Å². The van der Waals surface area contributed by atoms with Gasteiger partial charge in [-0.15, -0.1) is 0 Å². The Morgan fingerprint density at radius 1 is 1.50 bits per heavy atom. The first-order valence-electron chi connectivity index (χ1n) is 3.97. The van der Waals surface area contributed by atoms with Crippen LogP contribution in [0.15, 0.2) is 36.1 Å². The van der Waals surface area contributed by atoms with E-state index >= 15 is 0 Å². The Morgan fingerprint density at radius 3 is 2.43 bits per heavy atom. The lowest BCUT2D eigenvalue weighted by Crippen LogP contribution is -1.86. The second-order valence-corrected chi connectivity index (χ2v) is 4.65. The highest BCUT2D eigenvalue weighted by molar-refractivity contribution is 7.53. The van der Waals surface area contributed by atoms with Crippen LogP contribution in [0.4, 0.5) is 0 Å². The van der Waals surface area contributed by atoms with Gasteiger partial charge in [-0.25, -0.2) is 0 Å². The number of nitrogens with one attached hydrogen (secondary N) is 2. The molecule has 0 bridgehead atoms. The minimum Gasteiger partial charge on any atom is -0.439 e. The van der Waals surface area contributed by atoms with Crippen LogP contribution in [0.1, 0.15) is 6.92 Å². The van der Waals surface area contributed by atoms with Crippen molar-refractivity contribution in [1.82, 2.24) is 0 Å². The van der Waals surface area contributed by atoms with Crippen LogP contribution >= 0.6 is 7.51 Å². The SMILES string of the molecule is C=C(C=N)/C=C\C(=C/C)OP(C)(=N)O. The zero-order chi connectivity index (χ0) is 11.2. The molecule has 78 valence electrons. The van der Waals surface area contributed by atoms with E-state index < -0.39 is 7.51 Å². The fraction of sp³-hybridized carbons (Fsp3) is 0.222. The van der Waals surface area contributed by atoms with Crippen molar-refractivity contribution >= 4 is 13.7 Å². The number of rotatable bonds is 5. The molecule has 0 rings (SSSR count). The van der Waals surface area contributed by atoms with Crippen LogP contribution in [0.3, 0.4) is 0 Å². The Kier molecular flexibility index (Phi) is 5.13. The number of hydrogen-bond donors (Lipinski definition) is 3. The lowest BCUT2D eigenvalue weighted by atomic mass is 10.3. The van der Waals surface area contributed by atoms with E-state index in [1.54, 1.807) is 25.2 Å². The van der Waals surface area contributed by atoms with E-state index in [1.165, 1.54) is 6.66 Å². The largest absolute Gasteiger partial charge is 0.439 e. The van der Waals surface area contributed by atoms with Crippen LogP contribution in [0.5, 0.6) is 0 Å². The standard InChI is InChI=1S/C9H15N2O2P/c1-4-9(13-14(3,11)12)6-5-8(2)7-10/h4-7,10H,2H2,1,3H3,(H2,11,12)/b6-5-,9-4+,10-7?. The van der Waals surface area contributed by atoms with E-state index in [9.17, 15) is 0 Å². The third-order valence-electron chi connectivity index (χ3n) is 1.21. The Bertz CT molecular complexity index is 326. The molecule has 5 heteroatoms. The average Bonchev–Trinajstić information content (AvgIpc) is 2.09. The number of hydrogen-bond acceptors (Lipinski definition) is 3. The summed E-state index contributed by atoms with van der Waals surface area (Å²) in [6.07, 6.45) is 5.89. The smallest absolute Gasteiger partial charge is 0.254 e. The van der Waals surface area contributed by atoms with Crippen LogP contribution in [-0.2, 0) is 4.52 Å². The van der Waals surface area contributed by atoms with E-state index in [1.807, 2.05) is 0 Å². The highest BCUT2D eigenvalue weighted by Crippen LogP contribution is 2.40. The van der Waals surface area contributed by atoms with Gasteiger partial charge in [-0.05, 0) is 24.6 Å². The first-order valence-corrected chi connectivity index (χ1v) is 6.07. The minimum atomic E-state index is -3.01. The number of allylic oxidation sites excluding steroid dienone is 4. The highest BCUT2D eigenvalue weighted by atomic mass is 31.2. The molecular weight excluding hydrogens is 199 g/mol. The lowest BCUT2D eigenvalue weighted by molar-refractivity contribution is 0.402. The predicted molar refractivity (Wildman–Crippen MR) is 59.7 cm³/mol. The molecule has 0 saturated carbocycles. The summed E-state index contributed by atoms with van der Waals surface area (Å²) < 4.78 is 4.97. The Labute approximate surface area is 84.1 Å². The summed E-state index contributed by atoms with van der Waals surface area (Å²) in [5.74, 6) is 0.404. The summed E-state index contributed by atoms with van der Waals surface area (Å²) in [6, 6.07) is 0. The van der Waals surface area contributed by atoms with Crippen molar-refractivity contribution in [1.29, 1.82) is 10.6 Å². The zero-order valence-corrected chi connectivity index (χ0v) is 9.21. The molecule has 0 spiro atoms. The van der Waals surface area contributed by atoms with Gasteiger partial charge in [0.2, 0.25) is 0 Å². The molecule has 0 aliphatic rings. The van der Waals surface area contributed by atoms with Crippen LogP contribution in [-0.4, -0.2) is 17.8 Å². The van der Waals surface area contributed by atoms with Gasteiger partial charge in [0, 0.05) is 12.9 Å². The van der Waals surface area contributed by atoms with Crippen molar-refractivity contribution in [3.05, 3.63) is 36.1 Å². The summed E-state index contributed by atoms with van der Waals surface area (Å²) in [6.45, 7) is 6.63. The normalized spacial score (nSPS) is 16.4. The summed E-state index contributed by atoms with van der Waals surface area (Å²) >= 11 is 0. The van der Waals surface area contributed by atoms with E-state index in [-0.39, 0.29) is 0 Å². The fourth-order valence-corrected chi connectivity index (χ4v) is 1.20. The average molecular weight is 214 g/mol.